The molecule has 0 atom stereocenters. The zero-order valence-corrected chi connectivity index (χ0v) is 12.8. The molecule has 10 N–H and O–H groups in total. The molecule has 68 valence electrons. The third-order valence-corrected chi connectivity index (χ3v) is 0. The van der Waals surface area contributed by atoms with E-state index < -0.39 is 6.16 Å². The summed E-state index contributed by atoms with van der Waals surface area (Å²) in [7, 11) is 0. The standard InChI is InChI=1S/CH2O3.Ca.Mo.4H2O.Zn.2H/c2-1(3)4;;;;;;;;;/h(H2,2,3,4);;;4*1H2;;;/q;+2;;;;;;;2*-1. The smallest absolute Gasteiger partial charge is 1.00 e. The van der Waals surface area contributed by atoms with E-state index in [1.165, 1.54) is 0 Å². The predicted octanol–water partition coefficient (Wildman–Crippen LogP) is -3.24. The summed E-state index contributed by atoms with van der Waals surface area (Å²) in [6.07, 6.45) is -1.83. The van der Waals surface area contributed by atoms with Gasteiger partial charge in [0.05, 0.1) is 0 Å². The van der Waals surface area contributed by atoms with Gasteiger partial charge >= 0.3 is 43.9 Å². The zero-order valence-electron chi connectivity index (χ0n) is 7.63. The molecule has 0 radical (unpaired) electrons. The van der Waals surface area contributed by atoms with Crippen molar-refractivity contribution in [3.05, 3.63) is 0 Å². The molecule has 0 aromatic heterocycles. The van der Waals surface area contributed by atoms with E-state index in [9.17, 15) is 0 Å². The van der Waals surface area contributed by atoms with Crippen LogP contribution < -0.4 is 0 Å². The summed E-state index contributed by atoms with van der Waals surface area (Å²) in [5, 5.41) is 13.9. The van der Waals surface area contributed by atoms with E-state index in [2.05, 4.69) is 0 Å². The molecule has 0 aromatic carbocycles. The van der Waals surface area contributed by atoms with Crippen LogP contribution in [0, 0.1) is 0 Å². The number of rotatable bonds is 0. The Labute approximate surface area is 123 Å². The Morgan fingerprint density at radius 1 is 1.00 bits per heavy atom. The summed E-state index contributed by atoms with van der Waals surface area (Å²) in [6.45, 7) is 0. The van der Waals surface area contributed by atoms with E-state index in [-0.39, 0.29) is 103 Å². The number of carboxylic acid groups (broad SMARTS) is 2. The van der Waals surface area contributed by atoms with Crippen molar-refractivity contribution in [2.45, 2.75) is 0 Å². The van der Waals surface area contributed by atoms with E-state index in [0.29, 0.717) is 0 Å². The average molecular weight is 338 g/mol. The minimum absolute atomic E-state index is 0. The molecule has 10 heteroatoms. The first-order valence-corrected chi connectivity index (χ1v) is 0.651. The van der Waals surface area contributed by atoms with E-state index in [1.807, 2.05) is 0 Å². The van der Waals surface area contributed by atoms with Crippen LogP contribution in [0.2, 0.25) is 0 Å². The maximum atomic E-state index is 8.56. The monoisotopic (exact) mass is 338 g/mol. The van der Waals surface area contributed by atoms with Gasteiger partial charge in [-0.1, -0.05) is 0 Å². The van der Waals surface area contributed by atoms with E-state index in [1.54, 1.807) is 0 Å². The van der Waals surface area contributed by atoms with Crippen molar-refractivity contribution >= 4 is 43.9 Å². The second-order valence-electron chi connectivity index (χ2n) is 0.283. The van der Waals surface area contributed by atoms with Gasteiger partial charge in [-0.3, -0.25) is 0 Å². The van der Waals surface area contributed by atoms with Crippen molar-refractivity contribution in [2.75, 3.05) is 0 Å². The Balaban J connectivity index is -0.00000000125. The second-order valence-corrected chi connectivity index (χ2v) is 0.283. The largest absolute Gasteiger partial charge is 2.00 e. The van der Waals surface area contributed by atoms with Gasteiger partial charge in [-0.25, -0.2) is 4.79 Å². The fraction of sp³-hybridized carbons (Fsp3) is 0. The van der Waals surface area contributed by atoms with Crippen molar-refractivity contribution in [1.82, 2.24) is 0 Å². The van der Waals surface area contributed by atoms with Crippen molar-refractivity contribution < 1.29 is 80.3 Å². The molecule has 0 amide bonds. The quantitative estimate of drug-likeness (QED) is 0.441. The summed E-state index contributed by atoms with van der Waals surface area (Å²) < 4.78 is 0. The van der Waals surface area contributed by atoms with E-state index in [0.717, 1.165) is 0 Å². The molecule has 0 aliphatic rings. The van der Waals surface area contributed by atoms with Gasteiger partial charge in [0, 0.05) is 40.5 Å². The van der Waals surface area contributed by atoms with Gasteiger partial charge in [0.15, 0.2) is 0 Å². The fourth-order valence-electron chi connectivity index (χ4n) is 0. The number of hydrogen-bond donors (Lipinski definition) is 2. The van der Waals surface area contributed by atoms with Crippen LogP contribution >= 0.6 is 0 Å². The molecular formula is CH12CaMoO7Zn. The average Bonchev–Trinajstić information content (AvgIpc) is 0.811. The third kappa shape index (κ3) is 387. The Kier molecular flexibility index (Phi) is 437. The van der Waals surface area contributed by atoms with Gasteiger partial charge < -0.3 is 35.0 Å². The van der Waals surface area contributed by atoms with Gasteiger partial charge in [-0.05, 0) is 0 Å². The first kappa shape index (κ1) is 79.0. The maximum Gasteiger partial charge on any atom is 2.00 e. The summed E-state index contributed by atoms with van der Waals surface area (Å²) in [4.78, 5) is 8.56. The van der Waals surface area contributed by atoms with E-state index >= 15 is 0 Å². The molecule has 0 fully saturated rings. The molecule has 0 saturated heterocycles. The molecule has 0 spiro atoms. The summed E-state index contributed by atoms with van der Waals surface area (Å²) in [6, 6.07) is 0. The zero-order chi connectivity index (χ0) is 3.58. The SMILES string of the molecule is O.O.O.O.O=C(O)O.[Ca+2].[H-].[H-].[Mo].[Zn]. The van der Waals surface area contributed by atoms with Crippen LogP contribution in [0.5, 0.6) is 0 Å². The van der Waals surface area contributed by atoms with Gasteiger partial charge in [-0.15, -0.1) is 0 Å². The van der Waals surface area contributed by atoms with Crippen molar-refractivity contribution in [1.29, 1.82) is 0 Å². The van der Waals surface area contributed by atoms with Gasteiger partial charge in [0.25, 0.3) is 0 Å². The Morgan fingerprint density at radius 2 is 1.00 bits per heavy atom. The number of hydrogen-bond acceptors (Lipinski definition) is 1. The Hall–Kier alpha value is 1.68. The van der Waals surface area contributed by atoms with Crippen molar-refractivity contribution in [2.24, 2.45) is 0 Å². The van der Waals surface area contributed by atoms with Crippen LogP contribution in [-0.4, -0.2) is 76.0 Å². The summed E-state index contributed by atoms with van der Waals surface area (Å²) in [5.74, 6) is 0. The van der Waals surface area contributed by atoms with Gasteiger partial charge in [0.2, 0.25) is 0 Å². The summed E-state index contributed by atoms with van der Waals surface area (Å²) in [5.41, 5.74) is 0. The normalized spacial score (nSPS) is 2.18. The molecule has 11 heavy (non-hydrogen) atoms. The third-order valence-electron chi connectivity index (χ3n) is 0. The Morgan fingerprint density at radius 3 is 1.00 bits per heavy atom. The van der Waals surface area contributed by atoms with Crippen LogP contribution in [-0.2, 0) is 40.5 Å². The van der Waals surface area contributed by atoms with Crippen LogP contribution in [0.15, 0.2) is 0 Å². The molecule has 0 unspecified atom stereocenters. The molecule has 0 rings (SSSR count). The van der Waals surface area contributed by atoms with Crippen LogP contribution in [0.3, 0.4) is 0 Å². The first-order valence-electron chi connectivity index (χ1n) is 0.651. The molecule has 0 aliphatic carbocycles. The molecule has 0 bridgehead atoms. The molecular weight excluding hydrogens is 325 g/mol. The van der Waals surface area contributed by atoms with Crippen LogP contribution in [0.25, 0.3) is 0 Å². The topological polar surface area (TPSA) is 184 Å². The Bertz CT molecular complexity index is 49.5. The molecule has 0 heterocycles. The predicted molar refractivity (Wildman–Crippen MR) is 33.1 cm³/mol. The van der Waals surface area contributed by atoms with Crippen molar-refractivity contribution in [3.63, 3.8) is 0 Å². The van der Waals surface area contributed by atoms with Gasteiger partial charge in [-0.2, -0.15) is 0 Å². The fourth-order valence-corrected chi connectivity index (χ4v) is 0. The van der Waals surface area contributed by atoms with Crippen molar-refractivity contribution in [3.8, 4) is 0 Å². The van der Waals surface area contributed by atoms with Gasteiger partial charge in [0.1, 0.15) is 0 Å². The molecule has 0 saturated carbocycles. The molecule has 7 nitrogen and oxygen atoms in total. The molecule has 0 aliphatic heterocycles. The number of carbonyl (C=O) groups is 1. The molecule has 0 aromatic rings. The maximum absolute atomic E-state index is 8.56. The van der Waals surface area contributed by atoms with Crippen LogP contribution in [0.4, 0.5) is 4.79 Å². The van der Waals surface area contributed by atoms with Crippen LogP contribution in [0.1, 0.15) is 2.85 Å². The minimum atomic E-state index is -1.83. The second kappa shape index (κ2) is 60.8. The summed E-state index contributed by atoms with van der Waals surface area (Å²) >= 11 is 0. The van der Waals surface area contributed by atoms with E-state index in [4.69, 9.17) is 15.0 Å². The first-order chi connectivity index (χ1) is 1.73. The minimum Gasteiger partial charge on any atom is -1.00 e.